The van der Waals surface area contributed by atoms with Crippen molar-refractivity contribution in [1.82, 2.24) is 4.90 Å². The summed E-state index contributed by atoms with van der Waals surface area (Å²) < 4.78 is 5.14. The molecule has 12 nitrogen and oxygen atoms in total. The van der Waals surface area contributed by atoms with Crippen LogP contribution >= 0.6 is 0 Å². The molecule has 242 valence electrons. The number of anilines is 1. The maximum atomic E-state index is 14.0. The second-order valence-electron chi connectivity index (χ2n) is 12.2. The zero-order valence-electron chi connectivity index (χ0n) is 25.8. The molecule has 0 spiro atoms. The van der Waals surface area contributed by atoms with E-state index < -0.39 is 58.0 Å². The number of benzene rings is 3. The van der Waals surface area contributed by atoms with Gasteiger partial charge >= 0.3 is 0 Å². The number of aromatic hydroxyl groups is 1. The first kappa shape index (κ1) is 31.5. The van der Waals surface area contributed by atoms with Gasteiger partial charge in [0.2, 0.25) is 5.78 Å². The van der Waals surface area contributed by atoms with Gasteiger partial charge in [0.05, 0.1) is 18.7 Å². The van der Waals surface area contributed by atoms with Crippen molar-refractivity contribution in [3.8, 4) is 22.6 Å². The van der Waals surface area contributed by atoms with Gasteiger partial charge in [-0.25, -0.2) is 0 Å². The molecule has 6 rings (SSSR count). The number of aliphatic hydroxyl groups is 3. The highest BCUT2D eigenvalue weighted by molar-refractivity contribution is 6.25. The Kier molecular flexibility index (Phi) is 7.65. The number of fused-ring (bicyclic) bond motifs is 3. The number of nitrogens with two attached hydrogens (primary N) is 1. The van der Waals surface area contributed by atoms with Gasteiger partial charge in [0.1, 0.15) is 28.6 Å². The van der Waals surface area contributed by atoms with Gasteiger partial charge in [-0.15, -0.1) is 0 Å². The Morgan fingerprint density at radius 2 is 1.64 bits per heavy atom. The first-order chi connectivity index (χ1) is 22.3. The number of ketones is 2. The Morgan fingerprint density at radius 1 is 0.979 bits per heavy atom. The number of primary amides is 1. The number of phenolic OH excluding ortho intramolecular Hbond substituents is 1. The zero-order valence-corrected chi connectivity index (χ0v) is 25.8. The summed E-state index contributed by atoms with van der Waals surface area (Å²) in [6, 6.07) is 15.5. The maximum absolute atomic E-state index is 14.0. The van der Waals surface area contributed by atoms with E-state index >= 15 is 0 Å². The van der Waals surface area contributed by atoms with Gasteiger partial charge in [-0.2, -0.15) is 0 Å². The van der Waals surface area contributed by atoms with Crippen LogP contribution in [0, 0.1) is 11.8 Å². The average Bonchev–Trinajstić information content (AvgIpc) is 3.03. The first-order valence-electron chi connectivity index (χ1n) is 14.8. The topological polar surface area (TPSA) is 200 Å². The minimum absolute atomic E-state index is 0.0167. The Hall–Kier alpha value is -5.46. The van der Waals surface area contributed by atoms with Crippen molar-refractivity contribution >= 4 is 29.1 Å². The molecule has 0 saturated heterocycles. The Bertz CT molecular complexity index is 1910. The fourth-order valence-electron chi connectivity index (χ4n) is 7.20. The number of likely N-dealkylation sites (N-methyl/N-ethyl adjacent to an activating group) is 1. The Labute approximate surface area is 269 Å². The number of ether oxygens (including phenoxy) is 1. The summed E-state index contributed by atoms with van der Waals surface area (Å²) in [5, 5.41) is 47.9. The molecule has 0 fully saturated rings. The van der Waals surface area contributed by atoms with Crippen LogP contribution in [0.2, 0.25) is 0 Å². The number of rotatable bonds is 6. The number of hydrogen-bond acceptors (Lipinski definition) is 10. The molecule has 3 aromatic carbocycles. The standard InChI is InChI=1S/C35H33N3O9/c1-38(2)28-23-15-18-14-22-21(16-4-8-19(9-5-16)37-34(45)17-6-10-20(47-3)11-7-17)12-13-24(39)26(22)29(40)25(18)31(42)35(23,46)32(43)27(30(28)41)33(36)44/h4-13,18,23,28,39,41-42,46H,14-15H2,1-3H3,(H2,36,44)(H,37,45)/t18-,23-,28+,35-/m0/s1. The normalized spacial score (nSPS) is 23.6. The second-order valence-corrected chi connectivity index (χ2v) is 12.2. The predicted octanol–water partition coefficient (Wildman–Crippen LogP) is 3.05. The maximum Gasteiger partial charge on any atom is 0.255 e. The van der Waals surface area contributed by atoms with E-state index in [1.807, 2.05) is 0 Å². The van der Waals surface area contributed by atoms with Crippen LogP contribution in [0.3, 0.4) is 0 Å². The molecule has 4 atom stereocenters. The molecule has 0 unspecified atom stereocenters. The van der Waals surface area contributed by atoms with Gasteiger partial charge in [0.15, 0.2) is 11.4 Å². The van der Waals surface area contributed by atoms with Crippen molar-refractivity contribution in [1.29, 1.82) is 0 Å². The van der Waals surface area contributed by atoms with Crippen LogP contribution in [0.25, 0.3) is 11.1 Å². The zero-order chi connectivity index (χ0) is 33.9. The number of Topliss-reactive ketones (excluding diaryl/α,β-unsaturated/α-hetero) is 2. The van der Waals surface area contributed by atoms with E-state index in [2.05, 4.69) is 5.32 Å². The summed E-state index contributed by atoms with van der Waals surface area (Å²) in [6.07, 6.45) is 0.130. The highest BCUT2D eigenvalue weighted by Gasteiger charge is 2.63. The number of allylic oxidation sites excluding steroid dienone is 1. The van der Waals surface area contributed by atoms with Crippen molar-refractivity contribution in [3.63, 3.8) is 0 Å². The number of nitrogens with zero attached hydrogens (tertiary/aromatic N) is 1. The molecule has 2 amide bonds. The highest BCUT2D eigenvalue weighted by Crippen LogP contribution is 2.53. The second kappa shape index (κ2) is 11.4. The van der Waals surface area contributed by atoms with E-state index in [-0.39, 0.29) is 35.6 Å². The molecule has 0 aromatic heterocycles. The molecular weight excluding hydrogens is 606 g/mol. The summed E-state index contributed by atoms with van der Waals surface area (Å²) in [6.45, 7) is 0. The SMILES string of the molecule is COc1ccc(C(=O)Nc2ccc(-c3ccc(O)c4c3C[C@H]3C[C@H]5[C@@H](N(C)C)C(O)=C(C(N)=O)C(=O)[C@@]5(O)C(O)=C3C4=O)cc2)cc1. The van der Waals surface area contributed by atoms with E-state index in [1.54, 1.807) is 68.7 Å². The van der Waals surface area contributed by atoms with Crippen LogP contribution in [0.4, 0.5) is 5.69 Å². The summed E-state index contributed by atoms with van der Waals surface area (Å²) in [4.78, 5) is 53.9. The lowest BCUT2D eigenvalue weighted by atomic mass is 9.58. The van der Waals surface area contributed by atoms with Crippen LogP contribution in [-0.4, -0.2) is 81.6 Å². The quantitative estimate of drug-likeness (QED) is 0.218. The van der Waals surface area contributed by atoms with Crippen molar-refractivity contribution in [2.24, 2.45) is 17.6 Å². The molecule has 12 heteroatoms. The summed E-state index contributed by atoms with van der Waals surface area (Å²) in [7, 11) is 4.69. The van der Waals surface area contributed by atoms with Gasteiger partial charge in [-0.05, 0) is 92.0 Å². The molecule has 0 bridgehead atoms. The molecular formula is C35H33N3O9. The average molecular weight is 640 g/mol. The molecule has 7 N–H and O–H groups in total. The number of amides is 2. The van der Waals surface area contributed by atoms with E-state index in [1.165, 1.54) is 18.1 Å². The smallest absolute Gasteiger partial charge is 0.255 e. The fourth-order valence-corrected chi connectivity index (χ4v) is 7.20. The fraction of sp³-hybridized carbons (Fsp3) is 0.257. The molecule has 3 aliphatic carbocycles. The summed E-state index contributed by atoms with van der Waals surface area (Å²) in [5.41, 5.74) is 4.30. The van der Waals surface area contributed by atoms with Gasteiger partial charge in [0, 0.05) is 22.7 Å². The monoisotopic (exact) mass is 639 g/mol. The minimum atomic E-state index is -2.70. The molecule has 3 aromatic rings. The Balaban J connectivity index is 1.37. The lowest BCUT2D eigenvalue weighted by Crippen LogP contribution is -2.63. The molecule has 3 aliphatic rings. The molecule has 0 aliphatic heterocycles. The predicted molar refractivity (Wildman–Crippen MR) is 170 cm³/mol. The summed E-state index contributed by atoms with van der Waals surface area (Å²) >= 11 is 0. The van der Waals surface area contributed by atoms with Crippen LogP contribution in [-0.2, 0) is 16.0 Å². The highest BCUT2D eigenvalue weighted by atomic mass is 16.5. The van der Waals surface area contributed by atoms with Crippen LogP contribution in [0.15, 0.2) is 83.3 Å². The molecule has 0 saturated carbocycles. The first-order valence-corrected chi connectivity index (χ1v) is 14.8. The van der Waals surface area contributed by atoms with Crippen molar-refractivity contribution < 1.29 is 44.3 Å². The number of phenols is 1. The van der Waals surface area contributed by atoms with Crippen LogP contribution in [0.1, 0.15) is 32.7 Å². The van der Waals surface area contributed by atoms with E-state index in [4.69, 9.17) is 10.5 Å². The number of carbonyl (C=O) groups is 4. The van der Waals surface area contributed by atoms with Gasteiger partial charge in [0.25, 0.3) is 11.8 Å². The van der Waals surface area contributed by atoms with E-state index in [0.29, 0.717) is 33.7 Å². The molecule has 0 heterocycles. The summed E-state index contributed by atoms with van der Waals surface area (Å²) in [5.74, 6) is -6.74. The van der Waals surface area contributed by atoms with Crippen molar-refractivity contribution in [3.05, 3.63) is 100 Å². The van der Waals surface area contributed by atoms with Gasteiger partial charge in [-0.1, -0.05) is 18.2 Å². The number of aliphatic hydroxyl groups excluding tert-OH is 2. The lowest BCUT2D eigenvalue weighted by molar-refractivity contribution is -0.148. The van der Waals surface area contributed by atoms with Crippen LogP contribution < -0.4 is 15.8 Å². The van der Waals surface area contributed by atoms with Crippen molar-refractivity contribution in [2.45, 2.75) is 24.5 Å². The van der Waals surface area contributed by atoms with Crippen LogP contribution in [0.5, 0.6) is 11.5 Å². The van der Waals surface area contributed by atoms with Gasteiger partial charge < -0.3 is 36.2 Å². The van der Waals surface area contributed by atoms with Gasteiger partial charge in [-0.3, -0.25) is 24.1 Å². The molecule has 0 radical (unpaired) electrons. The number of nitrogens with one attached hydrogen (secondary N) is 1. The third kappa shape index (κ3) is 4.84. The van der Waals surface area contributed by atoms with E-state index in [0.717, 1.165) is 0 Å². The largest absolute Gasteiger partial charge is 0.510 e. The molecule has 47 heavy (non-hydrogen) atoms. The van der Waals surface area contributed by atoms with E-state index in [9.17, 15) is 39.6 Å². The lowest BCUT2D eigenvalue weighted by Gasteiger charge is -2.50. The third-order valence-electron chi connectivity index (χ3n) is 9.41. The van der Waals surface area contributed by atoms with Crippen molar-refractivity contribution in [2.75, 3.05) is 26.5 Å². The number of hydrogen-bond donors (Lipinski definition) is 6. The Morgan fingerprint density at radius 3 is 2.23 bits per heavy atom. The third-order valence-corrected chi connectivity index (χ3v) is 9.41. The number of carbonyl (C=O) groups excluding carboxylic acids is 4. The minimum Gasteiger partial charge on any atom is -0.510 e. The number of methoxy groups -OCH3 is 1.